The van der Waals surface area contributed by atoms with E-state index in [1.165, 1.54) is 23.6 Å². The lowest BCUT2D eigenvalue weighted by Crippen LogP contribution is -2.71. The molecule has 2 amide bonds. The van der Waals surface area contributed by atoms with Crippen LogP contribution in [0.4, 0.5) is 0 Å². The molecule has 2 unspecified atom stereocenters. The number of halogens is 1. The Balaban J connectivity index is 1.76. The molecule has 2 saturated heterocycles. The van der Waals surface area contributed by atoms with Crippen LogP contribution in [-0.2, 0) is 19.1 Å². The van der Waals surface area contributed by atoms with Crippen molar-refractivity contribution < 1.29 is 19.1 Å². The van der Waals surface area contributed by atoms with Crippen LogP contribution in [0.15, 0.2) is 35.4 Å². The molecule has 0 saturated carbocycles. The van der Waals surface area contributed by atoms with Crippen molar-refractivity contribution in [2.45, 2.75) is 54.6 Å². The first-order valence-corrected chi connectivity index (χ1v) is 10.2. The van der Waals surface area contributed by atoms with Gasteiger partial charge in [0.1, 0.15) is 23.5 Å². The number of azide groups is 1. The van der Waals surface area contributed by atoms with Crippen LogP contribution in [-0.4, -0.2) is 50.5 Å². The van der Waals surface area contributed by atoms with Gasteiger partial charge in [-0.2, -0.15) is 0 Å². The van der Waals surface area contributed by atoms with Gasteiger partial charge in [-0.25, -0.2) is 4.79 Å². The number of nitrogens with one attached hydrogen (secondary N) is 1. The van der Waals surface area contributed by atoms with E-state index in [9.17, 15) is 14.4 Å². The smallest absolute Gasteiger partial charge is 0.331 e. The summed E-state index contributed by atoms with van der Waals surface area (Å²) in [6, 6.07) is 5.84. The molecule has 2 aliphatic heterocycles. The molecule has 11 heteroatoms. The summed E-state index contributed by atoms with van der Waals surface area (Å²) < 4.78 is 4.47. The summed E-state index contributed by atoms with van der Waals surface area (Å²) in [5.41, 5.74) is 8.53. The number of carbonyl (C=O) groups excluding carboxylic acids is 3. The molecule has 0 aliphatic carbocycles. The molecule has 1 aromatic carbocycles. The summed E-state index contributed by atoms with van der Waals surface area (Å²) >= 11 is 7.15. The van der Waals surface area contributed by atoms with Crippen LogP contribution in [0.5, 0.6) is 0 Å². The van der Waals surface area contributed by atoms with E-state index in [1.54, 1.807) is 30.3 Å². The topological polar surface area (TPSA) is 124 Å². The number of esters is 1. The standard InChI is InChI=1S/C18H20ClN5O4S/c1-9(19)28-17(27)13-18(2,3)29-16-12(15(26)24(13)16)21-14(25)11(22-23-20)10-7-5-4-6-8-10/h4-9,11-13,16H,1-3H3,(H,21,25)/t9?,11?,12-,13+,16-/m1/s1. The summed E-state index contributed by atoms with van der Waals surface area (Å²) in [4.78, 5) is 42.1. The Labute approximate surface area is 176 Å². The molecule has 3 rings (SSSR count). The van der Waals surface area contributed by atoms with Crippen molar-refractivity contribution in [2.24, 2.45) is 5.11 Å². The first-order chi connectivity index (χ1) is 13.7. The SMILES string of the molecule is CC(Cl)OC(=O)[C@@H]1N2C(=O)[C@@H](NC(=O)C(N=[N+]=[N-])c3ccccc3)[C@H]2SC1(C)C. The first-order valence-electron chi connectivity index (χ1n) is 8.91. The van der Waals surface area contributed by atoms with Crippen LogP contribution in [0.2, 0.25) is 0 Å². The van der Waals surface area contributed by atoms with Gasteiger partial charge in [0.2, 0.25) is 11.8 Å². The minimum Gasteiger partial charge on any atom is -0.445 e. The summed E-state index contributed by atoms with van der Waals surface area (Å²) in [6.45, 7) is 5.19. The summed E-state index contributed by atoms with van der Waals surface area (Å²) in [5, 5.41) is 5.81. The van der Waals surface area contributed by atoms with Crippen molar-refractivity contribution in [3.63, 3.8) is 0 Å². The molecule has 1 N–H and O–H groups in total. The van der Waals surface area contributed by atoms with Gasteiger partial charge in [0.25, 0.3) is 0 Å². The third kappa shape index (κ3) is 4.01. The van der Waals surface area contributed by atoms with Crippen LogP contribution < -0.4 is 5.32 Å². The van der Waals surface area contributed by atoms with Gasteiger partial charge in [0.15, 0.2) is 5.56 Å². The Kier molecular flexibility index (Phi) is 5.97. The number of hydrogen-bond acceptors (Lipinski definition) is 6. The Bertz CT molecular complexity index is 874. The van der Waals surface area contributed by atoms with Gasteiger partial charge in [0, 0.05) is 9.66 Å². The highest BCUT2D eigenvalue weighted by Crippen LogP contribution is 2.51. The zero-order chi connectivity index (χ0) is 21.3. The molecule has 154 valence electrons. The molecule has 0 aromatic heterocycles. The Morgan fingerprint density at radius 3 is 2.62 bits per heavy atom. The van der Waals surface area contributed by atoms with Gasteiger partial charge >= 0.3 is 5.97 Å². The van der Waals surface area contributed by atoms with E-state index in [0.717, 1.165) is 0 Å². The molecule has 2 aliphatic rings. The first kappa shape index (κ1) is 21.3. The number of carbonyl (C=O) groups is 3. The molecule has 2 fully saturated rings. The van der Waals surface area contributed by atoms with Crippen LogP contribution in [0.1, 0.15) is 32.4 Å². The van der Waals surface area contributed by atoms with Crippen molar-refractivity contribution in [2.75, 3.05) is 0 Å². The highest BCUT2D eigenvalue weighted by atomic mass is 35.5. The second kappa shape index (κ2) is 8.14. The van der Waals surface area contributed by atoms with Gasteiger partial charge in [-0.3, -0.25) is 9.59 Å². The molecule has 0 radical (unpaired) electrons. The number of amides is 2. The minimum absolute atomic E-state index is 0.390. The quantitative estimate of drug-likeness (QED) is 0.183. The molecule has 29 heavy (non-hydrogen) atoms. The lowest BCUT2D eigenvalue weighted by Gasteiger charge is -2.44. The molecular weight excluding hydrogens is 418 g/mol. The molecule has 0 spiro atoms. The zero-order valence-corrected chi connectivity index (χ0v) is 17.6. The van der Waals surface area contributed by atoms with E-state index in [2.05, 4.69) is 15.3 Å². The number of ether oxygens (including phenoxy) is 1. The third-order valence-electron chi connectivity index (χ3n) is 4.77. The van der Waals surface area contributed by atoms with Crippen molar-refractivity contribution in [3.8, 4) is 0 Å². The average Bonchev–Trinajstić information content (AvgIpc) is 2.92. The fourth-order valence-corrected chi connectivity index (χ4v) is 5.25. The van der Waals surface area contributed by atoms with Crippen molar-refractivity contribution >= 4 is 41.1 Å². The summed E-state index contributed by atoms with van der Waals surface area (Å²) in [5.74, 6) is -1.55. The van der Waals surface area contributed by atoms with Crippen LogP contribution in [0, 0.1) is 0 Å². The summed E-state index contributed by atoms with van der Waals surface area (Å²) in [7, 11) is 0. The average molecular weight is 438 g/mol. The van der Waals surface area contributed by atoms with E-state index in [-0.39, 0.29) is 0 Å². The number of thioether (sulfide) groups is 1. The summed E-state index contributed by atoms with van der Waals surface area (Å²) in [6.07, 6.45) is 0. The number of benzene rings is 1. The van der Waals surface area contributed by atoms with Crippen LogP contribution >= 0.6 is 23.4 Å². The Morgan fingerprint density at radius 1 is 1.38 bits per heavy atom. The van der Waals surface area contributed by atoms with E-state index in [0.29, 0.717) is 5.56 Å². The lowest BCUT2D eigenvalue weighted by molar-refractivity contribution is -0.165. The van der Waals surface area contributed by atoms with Crippen molar-refractivity contribution in [1.29, 1.82) is 0 Å². The highest BCUT2D eigenvalue weighted by Gasteiger charge is 2.64. The Morgan fingerprint density at radius 2 is 2.03 bits per heavy atom. The van der Waals surface area contributed by atoms with Crippen LogP contribution in [0.25, 0.3) is 10.4 Å². The molecule has 9 nitrogen and oxygen atoms in total. The van der Waals surface area contributed by atoms with Crippen molar-refractivity contribution in [3.05, 3.63) is 46.3 Å². The van der Waals surface area contributed by atoms with Gasteiger partial charge in [-0.05, 0) is 31.9 Å². The Hall–Kier alpha value is -2.42. The molecule has 5 atom stereocenters. The van der Waals surface area contributed by atoms with Gasteiger partial charge < -0.3 is 15.0 Å². The largest absolute Gasteiger partial charge is 0.445 e. The maximum atomic E-state index is 12.7. The highest BCUT2D eigenvalue weighted by molar-refractivity contribution is 8.01. The number of nitrogens with zero attached hydrogens (tertiary/aromatic N) is 4. The molecular formula is C18H20ClN5O4S. The number of rotatable bonds is 6. The van der Waals surface area contributed by atoms with E-state index in [4.69, 9.17) is 21.9 Å². The number of hydrogen-bond donors (Lipinski definition) is 1. The minimum atomic E-state index is -1.10. The third-order valence-corrected chi connectivity index (χ3v) is 6.43. The predicted molar refractivity (Wildman–Crippen MR) is 108 cm³/mol. The van der Waals surface area contributed by atoms with Gasteiger partial charge in [-0.15, -0.1) is 11.8 Å². The van der Waals surface area contributed by atoms with E-state index >= 15 is 0 Å². The fourth-order valence-electron chi connectivity index (χ4n) is 3.54. The van der Waals surface area contributed by atoms with Crippen molar-refractivity contribution in [1.82, 2.24) is 10.2 Å². The maximum absolute atomic E-state index is 12.7. The second-order valence-electron chi connectivity index (χ2n) is 7.24. The van der Waals surface area contributed by atoms with Crippen LogP contribution in [0.3, 0.4) is 0 Å². The molecule has 1 aromatic rings. The van der Waals surface area contributed by atoms with Gasteiger partial charge in [-0.1, -0.05) is 47.0 Å². The van der Waals surface area contributed by atoms with E-state index < -0.39 is 51.6 Å². The second-order valence-corrected chi connectivity index (χ2v) is 9.63. The molecule has 0 bridgehead atoms. The number of fused-ring (bicyclic) bond motifs is 1. The number of alkyl halides is 1. The fraction of sp³-hybridized carbons (Fsp3) is 0.500. The van der Waals surface area contributed by atoms with Gasteiger partial charge in [0.05, 0.1) is 0 Å². The molecule has 2 heterocycles. The maximum Gasteiger partial charge on any atom is 0.331 e. The normalized spacial score (nSPS) is 26.4. The number of β-lactam (4-membered cyclic amide) rings is 1. The zero-order valence-electron chi connectivity index (χ0n) is 16.0. The van der Waals surface area contributed by atoms with E-state index in [1.807, 2.05) is 13.8 Å². The lowest BCUT2D eigenvalue weighted by atomic mass is 9.95. The monoisotopic (exact) mass is 437 g/mol. The predicted octanol–water partition coefficient (Wildman–Crippen LogP) is 2.71.